The summed E-state index contributed by atoms with van der Waals surface area (Å²) in [6, 6.07) is 16.9. The Balaban J connectivity index is 2.08. The maximum Gasteiger partial charge on any atom is 0.154 e. The molecule has 5 aromatic rings. The molecule has 0 N–H and O–H groups in total. The molecular formula is C23H20N2O. The summed E-state index contributed by atoms with van der Waals surface area (Å²) in [5, 5.41) is 8.80. The third-order valence-corrected chi connectivity index (χ3v) is 5.36. The summed E-state index contributed by atoms with van der Waals surface area (Å²) < 4.78 is 7.97. The maximum absolute atomic E-state index is 5.88. The van der Waals surface area contributed by atoms with Gasteiger partial charge in [-0.3, -0.25) is 0 Å². The lowest BCUT2D eigenvalue weighted by Gasteiger charge is -2.13. The second kappa shape index (κ2) is 5.21. The zero-order valence-corrected chi connectivity index (χ0v) is 15.4. The number of rotatable bonds is 1. The molecule has 0 amide bonds. The molecule has 5 rings (SSSR count). The highest BCUT2D eigenvalue weighted by Crippen LogP contribution is 2.38. The first kappa shape index (κ1) is 15.2. The minimum Gasteiger partial charge on any atom is -0.460 e. The van der Waals surface area contributed by atoms with Crippen molar-refractivity contribution in [2.24, 2.45) is 0 Å². The van der Waals surface area contributed by atoms with Gasteiger partial charge < -0.3 is 4.42 Å². The van der Waals surface area contributed by atoms with E-state index in [0.29, 0.717) is 0 Å². The van der Waals surface area contributed by atoms with Crippen LogP contribution in [0.1, 0.15) is 22.5 Å². The topological polar surface area (TPSA) is 30.4 Å². The predicted molar refractivity (Wildman–Crippen MR) is 107 cm³/mol. The normalized spacial score (nSPS) is 11.8. The fraction of sp³-hybridized carbons (Fsp3) is 0.174. The van der Waals surface area contributed by atoms with Gasteiger partial charge in [0.2, 0.25) is 0 Å². The van der Waals surface area contributed by atoms with Gasteiger partial charge >= 0.3 is 0 Å². The number of hydrogen-bond acceptors (Lipinski definition) is 2. The van der Waals surface area contributed by atoms with Gasteiger partial charge in [0.1, 0.15) is 11.5 Å². The van der Waals surface area contributed by atoms with Gasteiger partial charge in [-0.1, -0.05) is 30.3 Å². The van der Waals surface area contributed by atoms with Crippen LogP contribution in [0.2, 0.25) is 0 Å². The molecule has 0 aliphatic heterocycles. The number of nitrogens with zero attached hydrogens (tertiary/aromatic N) is 2. The maximum atomic E-state index is 5.88. The third-order valence-electron chi connectivity index (χ3n) is 5.36. The van der Waals surface area contributed by atoms with Crippen molar-refractivity contribution >= 4 is 27.2 Å². The number of fused-ring (bicyclic) bond motifs is 6. The van der Waals surface area contributed by atoms with Crippen LogP contribution in [0, 0.1) is 27.7 Å². The molecule has 0 saturated carbocycles. The average molecular weight is 340 g/mol. The second-order valence-electron chi connectivity index (χ2n) is 7.11. The van der Waals surface area contributed by atoms with E-state index < -0.39 is 0 Å². The third kappa shape index (κ3) is 1.91. The number of benzene rings is 2. The van der Waals surface area contributed by atoms with Crippen LogP contribution in [0.4, 0.5) is 0 Å². The fourth-order valence-corrected chi connectivity index (χ4v) is 4.09. The molecule has 0 fully saturated rings. The quantitative estimate of drug-likeness (QED) is 0.343. The van der Waals surface area contributed by atoms with Crippen molar-refractivity contribution in [1.29, 1.82) is 0 Å². The average Bonchev–Trinajstić information content (AvgIpc) is 3.21. The lowest BCUT2D eigenvalue weighted by Crippen LogP contribution is -1.95. The predicted octanol–water partition coefficient (Wildman–Crippen LogP) is 6.13. The molecule has 3 heteroatoms. The van der Waals surface area contributed by atoms with Crippen molar-refractivity contribution in [2.45, 2.75) is 27.7 Å². The minimum atomic E-state index is 0.825. The first-order valence-electron chi connectivity index (χ1n) is 8.93. The largest absolute Gasteiger partial charge is 0.460 e. The van der Waals surface area contributed by atoms with Gasteiger partial charge in [-0.15, -0.1) is 0 Å². The van der Waals surface area contributed by atoms with Gasteiger partial charge in [0.15, 0.2) is 5.76 Å². The lowest BCUT2D eigenvalue weighted by molar-refractivity contribution is 0.545. The Morgan fingerprint density at radius 3 is 2.27 bits per heavy atom. The molecule has 3 aromatic heterocycles. The Morgan fingerprint density at radius 1 is 0.808 bits per heavy atom. The molecule has 2 aromatic carbocycles. The van der Waals surface area contributed by atoms with E-state index in [9.17, 15) is 0 Å². The van der Waals surface area contributed by atoms with E-state index in [0.717, 1.165) is 28.3 Å². The summed E-state index contributed by atoms with van der Waals surface area (Å²) in [7, 11) is 0. The molecule has 26 heavy (non-hydrogen) atoms. The Labute approximate surface area is 151 Å². The number of aryl methyl sites for hydroxylation is 4. The molecule has 3 nitrogen and oxygen atoms in total. The van der Waals surface area contributed by atoms with Crippen LogP contribution >= 0.6 is 0 Å². The summed E-state index contributed by atoms with van der Waals surface area (Å²) in [5.74, 6) is 1.73. The van der Waals surface area contributed by atoms with Crippen molar-refractivity contribution < 1.29 is 4.42 Å². The van der Waals surface area contributed by atoms with Crippen LogP contribution in [0.15, 0.2) is 52.9 Å². The number of pyridine rings is 1. The molecule has 3 heterocycles. The highest BCUT2D eigenvalue weighted by Gasteiger charge is 2.20. The fourth-order valence-electron chi connectivity index (χ4n) is 4.09. The van der Waals surface area contributed by atoms with Gasteiger partial charge in [0.25, 0.3) is 0 Å². The van der Waals surface area contributed by atoms with Gasteiger partial charge in [-0.25, -0.2) is 4.52 Å². The monoisotopic (exact) mass is 340 g/mol. The molecule has 128 valence electrons. The molecule has 0 saturated heterocycles. The van der Waals surface area contributed by atoms with Crippen LogP contribution in [-0.2, 0) is 0 Å². The SMILES string of the molecule is Cc1ccc(-c2nn3c4ccccc4c4c(C)ccc(C)c4c3c2C)o1. The molecule has 0 spiro atoms. The summed E-state index contributed by atoms with van der Waals surface area (Å²) in [6.07, 6.45) is 0. The lowest BCUT2D eigenvalue weighted by atomic mass is 9.96. The van der Waals surface area contributed by atoms with E-state index in [1.54, 1.807) is 0 Å². The zero-order valence-electron chi connectivity index (χ0n) is 15.4. The van der Waals surface area contributed by atoms with Gasteiger partial charge in [-0.05, 0) is 62.4 Å². The Morgan fingerprint density at radius 2 is 1.54 bits per heavy atom. The highest BCUT2D eigenvalue weighted by atomic mass is 16.3. The van der Waals surface area contributed by atoms with E-state index in [1.807, 2.05) is 19.1 Å². The van der Waals surface area contributed by atoms with E-state index in [1.165, 1.54) is 32.8 Å². The first-order valence-corrected chi connectivity index (χ1v) is 8.93. The minimum absolute atomic E-state index is 0.825. The van der Waals surface area contributed by atoms with Crippen LogP contribution in [-0.4, -0.2) is 9.61 Å². The van der Waals surface area contributed by atoms with Gasteiger partial charge in [0, 0.05) is 16.3 Å². The summed E-state index contributed by atoms with van der Waals surface area (Å²) in [4.78, 5) is 0. The molecule has 0 unspecified atom stereocenters. The van der Waals surface area contributed by atoms with Crippen molar-refractivity contribution in [3.63, 3.8) is 0 Å². The molecule has 0 radical (unpaired) electrons. The van der Waals surface area contributed by atoms with E-state index in [-0.39, 0.29) is 0 Å². The van der Waals surface area contributed by atoms with Crippen molar-refractivity contribution in [1.82, 2.24) is 9.61 Å². The van der Waals surface area contributed by atoms with Crippen LogP contribution in [0.5, 0.6) is 0 Å². The molecular weight excluding hydrogens is 320 g/mol. The molecule has 0 atom stereocenters. The molecule has 0 aliphatic rings. The molecule has 0 bridgehead atoms. The molecule has 0 aliphatic carbocycles. The van der Waals surface area contributed by atoms with Gasteiger partial charge in [0.05, 0.1) is 11.0 Å². The summed E-state index contributed by atoms with van der Waals surface area (Å²) in [6.45, 7) is 8.48. The zero-order chi connectivity index (χ0) is 18.0. The number of furan rings is 1. The Hall–Kier alpha value is -3.07. The van der Waals surface area contributed by atoms with Crippen LogP contribution < -0.4 is 0 Å². The van der Waals surface area contributed by atoms with E-state index >= 15 is 0 Å². The van der Waals surface area contributed by atoms with Crippen molar-refractivity contribution in [2.75, 3.05) is 0 Å². The Bertz CT molecular complexity index is 1320. The van der Waals surface area contributed by atoms with Crippen molar-refractivity contribution in [3.8, 4) is 11.5 Å². The van der Waals surface area contributed by atoms with Crippen LogP contribution in [0.25, 0.3) is 38.6 Å². The number of aromatic nitrogens is 2. The van der Waals surface area contributed by atoms with Crippen molar-refractivity contribution in [3.05, 3.63) is 71.0 Å². The second-order valence-corrected chi connectivity index (χ2v) is 7.11. The Kier molecular flexibility index (Phi) is 3.05. The van der Waals surface area contributed by atoms with Crippen LogP contribution in [0.3, 0.4) is 0 Å². The van der Waals surface area contributed by atoms with E-state index in [2.05, 4.69) is 61.7 Å². The van der Waals surface area contributed by atoms with E-state index in [4.69, 9.17) is 9.52 Å². The van der Waals surface area contributed by atoms with Gasteiger partial charge in [-0.2, -0.15) is 5.10 Å². The summed E-state index contributed by atoms with van der Waals surface area (Å²) in [5.41, 5.74) is 6.93. The smallest absolute Gasteiger partial charge is 0.154 e. The summed E-state index contributed by atoms with van der Waals surface area (Å²) >= 11 is 0. The first-order chi connectivity index (χ1) is 12.6. The highest BCUT2D eigenvalue weighted by molar-refractivity contribution is 6.16. The number of para-hydroxylation sites is 1. The number of hydrogen-bond donors (Lipinski definition) is 0. The standard InChI is InChI=1S/C23H20N2O/c1-13-9-10-14(2)21-20(13)17-7-5-6-8-18(17)25-23(21)16(4)22(24-25)19-12-11-15(3)26-19/h5-12H,1-4H3.